The fourth-order valence-electron chi connectivity index (χ4n) is 3.03. The van der Waals surface area contributed by atoms with Crippen molar-refractivity contribution in [2.45, 2.75) is 54.9 Å². The Morgan fingerprint density at radius 1 is 1.11 bits per heavy atom. The van der Waals surface area contributed by atoms with Crippen LogP contribution in [0.15, 0.2) is 61.2 Å². The van der Waals surface area contributed by atoms with Crippen LogP contribution >= 0.6 is 0 Å². The van der Waals surface area contributed by atoms with Gasteiger partial charge in [-0.05, 0) is 70.7 Å². The monoisotopic (exact) mass is 495 g/mol. The molecular formula is C31H45NO4. The van der Waals surface area contributed by atoms with E-state index in [4.69, 9.17) is 19.9 Å². The Balaban J connectivity index is 0. The number of carbonyl (C=O) groups is 1. The third-order valence-corrected chi connectivity index (χ3v) is 4.56. The fraction of sp³-hybridized carbons (Fsp3) is 0.355. The van der Waals surface area contributed by atoms with E-state index in [9.17, 15) is 4.79 Å². The predicted octanol–water partition coefficient (Wildman–Crippen LogP) is 7.47. The number of nitrogens with zero attached hydrogens (tertiary/aromatic N) is 1. The number of Topliss-reactive ketones (excluding diaryl/α,β-unsaturated/α-hetero) is 1. The lowest BCUT2D eigenvalue weighted by molar-refractivity contribution is 0.101. The van der Waals surface area contributed by atoms with Gasteiger partial charge >= 0.3 is 0 Å². The zero-order chi connectivity index (χ0) is 28.3. The third-order valence-electron chi connectivity index (χ3n) is 4.56. The normalized spacial score (nSPS) is 10.1. The summed E-state index contributed by atoms with van der Waals surface area (Å²) in [6, 6.07) is 8.03. The van der Waals surface area contributed by atoms with Gasteiger partial charge in [-0.15, -0.1) is 6.58 Å². The largest absolute Gasteiger partial charge is 0.494 e. The Bertz CT molecular complexity index is 1010. The zero-order valence-electron chi connectivity index (χ0n) is 23.6. The number of benzene rings is 1. The molecule has 0 saturated carbocycles. The highest BCUT2D eigenvalue weighted by atomic mass is 16.5. The van der Waals surface area contributed by atoms with E-state index in [1.54, 1.807) is 14.0 Å². The van der Waals surface area contributed by atoms with Gasteiger partial charge in [0.05, 0.1) is 18.4 Å². The summed E-state index contributed by atoms with van der Waals surface area (Å²) in [5.74, 6) is 0.485. The lowest BCUT2D eigenvalue weighted by Gasteiger charge is -2.16. The summed E-state index contributed by atoms with van der Waals surface area (Å²) in [4.78, 5) is 17.0. The Labute approximate surface area is 218 Å². The Kier molecular flexibility index (Phi) is 19.3. The number of rotatable bonds is 7. The SMILES string of the molecule is C=C(C)C.C=C/C(=C\C)c1ccc(-c2nc(/C=C\C)c(C)c(C(C)=O)c2OC)cc1.CCCO.CO. The van der Waals surface area contributed by atoms with Crippen molar-refractivity contribution in [3.05, 3.63) is 83.6 Å². The van der Waals surface area contributed by atoms with E-state index in [-0.39, 0.29) is 5.78 Å². The van der Waals surface area contributed by atoms with E-state index >= 15 is 0 Å². The summed E-state index contributed by atoms with van der Waals surface area (Å²) < 4.78 is 5.59. The fourth-order valence-corrected chi connectivity index (χ4v) is 3.03. The van der Waals surface area contributed by atoms with Gasteiger partial charge in [0.15, 0.2) is 11.5 Å². The van der Waals surface area contributed by atoms with Crippen LogP contribution in [0.5, 0.6) is 5.75 Å². The number of hydrogen-bond acceptors (Lipinski definition) is 5. The minimum Gasteiger partial charge on any atom is -0.494 e. The predicted molar refractivity (Wildman–Crippen MR) is 156 cm³/mol. The highest BCUT2D eigenvalue weighted by Gasteiger charge is 2.21. The van der Waals surface area contributed by atoms with Crippen molar-refractivity contribution >= 4 is 17.4 Å². The van der Waals surface area contributed by atoms with Crippen molar-refractivity contribution < 1.29 is 19.7 Å². The summed E-state index contributed by atoms with van der Waals surface area (Å²) in [5.41, 5.74) is 7.07. The molecule has 1 aromatic heterocycles. The van der Waals surface area contributed by atoms with E-state index < -0.39 is 0 Å². The van der Waals surface area contributed by atoms with Gasteiger partial charge in [0, 0.05) is 19.3 Å². The first-order chi connectivity index (χ1) is 17.1. The van der Waals surface area contributed by atoms with Gasteiger partial charge in [-0.1, -0.05) is 61.6 Å². The number of ketones is 1. The summed E-state index contributed by atoms with van der Waals surface area (Å²) in [6.45, 7) is 21.0. The molecule has 0 bridgehead atoms. The second kappa shape index (κ2) is 20.0. The van der Waals surface area contributed by atoms with Gasteiger partial charge < -0.3 is 14.9 Å². The van der Waals surface area contributed by atoms with Crippen molar-refractivity contribution in [3.63, 3.8) is 0 Å². The standard InChI is InChI=1S/C23H25NO2.C4H8.C3H8O.CH4O/c1-7-10-20-15(4)21(16(5)25)23(26-6)22(24-20)19-13-11-18(12-14-19)17(8-2)9-3;1-4(2)3;1-2-3-4;1-2/h7-14H,2H2,1,3-6H3;1H2,2-3H3;4H,2-3H2,1H3;2H,1H3/b10-7-,17-9+;;;. The molecule has 0 fully saturated rings. The summed E-state index contributed by atoms with van der Waals surface area (Å²) in [7, 11) is 2.58. The first kappa shape index (κ1) is 34.9. The van der Waals surface area contributed by atoms with E-state index in [2.05, 4.69) is 13.2 Å². The maximum absolute atomic E-state index is 12.3. The number of methoxy groups -OCH3 is 1. The second-order valence-corrected chi connectivity index (χ2v) is 7.89. The van der Waals surface area contributed by atoms with Crippen LogP contribution in [0.2, 0.25) is 0 Å². The Hall–Kier alpha value is -3.28. The van der Waals surface area contributed by atoms with E-state index in [0.717, 1.165) is 41.5 Å². The number of ether oxygens (including phenoxy) is 1. The van der Waals surface area contributed by atoms with Crippen molar-refractivity contribution in [2.24, 2.45) is 0 Å². The minimum absolute atomic E-state index is 0.0340. The Morgan fingerprint density at radius 2 is 1.61 bits per heavy atom. The van der Waals surface area contributed by atoms with Crippen LogP contribution in [-0.4, -0.2) is 41.8 Å². The topological polar surface area (TPSA) is 79.7 Å². The van der Waals surface area contributed by atoms with Crippen LogP contribution in [-0.2, 0) is 0 Å². The molecule has 0 aliphatic rings. The highest BCUT2D eigenvalue weighted by Crippen LogP contribution is 2.36. The van der Waals surface area contributed by atoms with E-state index in [0.29, 0.717) is 23.6 Å². The van der Waals surface area contributed by atoms with Crippen LogP contribution in [0.4, 0.5) is 0 Å². The van der Waals surface area contributed by atoms with Crippen molar-refractivity contribution in [1.82, 2.24) is 4.98 Å². The highest BCUT2D eigenvalue weighted by molar-refractivity contribution is 6.01. The molecule has 0 aliphatic heterocycles. The number of carbonyl (C=O) groups excluding carboxylic acids is 1. The third kappa shape index (κ3) is 11.4. The molecular weight excluding hydrogens is 450 g/mol. The first-order valence-electron chi connectivity index (χ1n) is 11.9. The Morgan fingerprint density at radius 3 is 1.94 bits per heavy atom. The molecule has 0 aliphatic carbocycles. The van der Waals surface area contributed by atoms with Crippen molar-refractivity contribution in [2.75, 3.05) is 20.8 Å². The average molecular weight is 496 g/mol. The molecule has 1 aromatic carbocycles. The second-order valence-electron chi connectivity index (χ2n) is 7.89. The van der Waals surface area contributed by atoms with Crippen LogP contribution in [0.1, 0.15) is 75.1 Å². The summed E-state index contributed by atoms with van der Waals surface area (Å²) in [5, 5.41) is 14.9. The maximum atomic E-state index is 12.3. The van der Waals surface area contributed by atoms with Crippen LogP contribution in [0.25, 0.3) is 22.9 Å². The molecule has 0 amide bonds. The molecule has 1 heterocycles. The minimum atomic E-state index is -0.0340. The number of allylic oxidation sites excluding steroid dienone is 5. The van der Waals surface area contributed by atoms with Crippen LogP contribution < -0.4 is 4.74 Å². The zero-order valence-corrected chi connectivity index (χ0v) is 23.6. The van der Waals surface area contributed by atoms with E-state index in [1.807, 2.05) is 90.1 Å². The van der Waals surface area contributed by atoms with Gasteiger partial charge in [-0.3, -0.25) is 4.79 Å². The number of aliphatic hydroxyl groups is 2. The number of hydrogen-bond donors (Lipinski definition) is 2. The molecule has 2 N–H and O–H groups in total. The molecule has 2 rings (SSSR count). The molecule has 198 valence electrons. The first-order valence-corrected chi connectivity index (χ1v) is 11.9. The van der Waals surface area contributed by atoms with Gasteiger partial charge in [-0.2, -0.15) is 0 Å². The number of aromatic nitrogens is 1. The van der Waals surface area contributed by atoms with Gasteiger partial charge in [0.1, 0.15) is 5.69 Å². The molecule has 5 heteroatoms. The van der Waals surface area contributed by atoms with Gasteiger partial charge in [0.2, 0.25) is 0 Å². The molecule has 0 saturated heterocycles. The van der Waals surface area contributed by atoms with Crippen molar-refractivity contribution in [3.8, 4) is 17.0 Å². The molecule has 0 atom stereocenters. The summed E-state index contributed by atoms with van der Waals surface area (Å²) in [6.07, 6.45) is 8.55. The molecule has 5 nitrogen and oxygen atoms in total. The molecule has 0 radical (unpaired) electrons. The van der Waals surface area contributed by atoms with E-state index in [1.165, 1.54) is 5.57 Å². The molecule has 0 spiro atoms. The average Bonchev–Trinajstić information content (AvgIpc) is 2.87. The molecule has 2 aromatic rings. The number of pyridine rings is 1. The van der Waals surface area contributed by atoms with Crippen LogP contribution in [0.3, 0.4) is 0 Å². The maximum Gasteiger partial charge on any atom is 0.163 e. The van der Waals surface area contributed by atoms with Gasteiger partial charge in [-0.25, -0.2) is 4.98 Å². The number of aliphatic hydroxyl groups excluding tert-OH is 2. The van der Waals surface area contributed by atoms with Gasteiger partial charge in [0.25, 0.3) is 0 Å². The van der Waals surface area contributed by atoms with Crippen molar-refractivity contribution in [1.29, 1.82) is 0 Å². The lowest BCUT2D eigenvalue weighted by Crippen LogP contribution is -2.07. The smallest absolute Gasteiger partial charge is 0.163 e. The molecule has 36 heavy (non-hydrogen) atoms. The quantitative estimate of drug-likeness (QED) is 0.237. The lowest BCUT2D eigenvalue weighted by atomic mass is 9.97. The van der Waals surface area contributed by atoms with Crippen LogP contribution in [0, 0.1) is 6.92 Å². The summed E-state index contributed by atoms with van der Waals surface area (Å²) >= 11 is 0. The molecule has 0 unspecified atom stereocenters.